The lowest BCUT2D eigenvalue weighted by atomic mass is 9.86. The van der Waals surface area contributed by atoms with Gasteiger partial charge < -0.3 is 15.2 Å². The van der Waals surface area contributed by atoms with Crippen molar-refractivity contribution < 1.29 is 14.6 Å². The molecule has 4 heteroatoms. The number of hydrogen-bond acceptors (Lipinski definition) is 3. The fourth-order valence-electron chi connectivity index (χ4n) is 2.56. The van der Waals surface area contributed by atoms with Crippen molar-refractivity contribution in [2.75, 3.05) is 13.2 Å². The first-order valence-electron chi connectivity index (χ1n) is 6.35. The number of carbonyl (C=O) groups excluding carboxylic acids is 1. The van der Waals surface area contributed by atoms with Crippen LogP contribution in [0, 0.1) is 5.92 Å². The van der Waals surface area contributed by atoms with E-state index in [1.807, 2.05) is 0 Å². The van der Waals surface area contributed by atoms with Gasteiger partial charge in [0.2, 0.25) is 5.91 Å². The van der Waals surface area contributed by atoms with Crippen molar-refractivity contribution in [3.05, 3.63) is 0 Å². The van der Waals surface area contributed by atoms with Crippen LogP contribution in [0.15, 0.2) is 0 Å². The van der Waals surface area contributed by atoms with Crippen molar-refractivity contribution in [1.82, 2.24) is 5.32 Å². The molecule has 1 heterocycles. The van der Waals surface area contributed by atoms with Crippen molar-refractivity contribution in [1.29, 1.82) is 0 Å². The van der Waals surface area contributed by atoms with Crippen LogP contribution >= 0.6 is 0 Å². The van der Waals surface area contributed by atoms with Crippen LogP contribution in [-0.4, -0.2) is 36.4 Å². The number of aliphatic hydroxyl groups is 1. The molecule has 2 N–H and O–H groups in total. The highest BCUT2D eigenvalue weighted by molar-refractivity contribution is 5.80. The summed E-state index contributed by atoms with van der Waals surface area (Å²) < 4.78 is 5.31. The van der Waals surface area contributed by atoms with Crippen molar-refractivity contribution >= 4 is 5.91 Å². The monoisotopic (exact) mass is 227 g/mol. The van der Waals surface area contributed by atoms with Gasteiger partial charge in [0.05, 0.1) is 6.10 Å². The maximum Gasteiger partial charge on any atom is 0.249 e. The Bertz CT molecular complexity index is 238. The number of rotatable bonds is 3. The molecule has 0 bridgehead atoms. The maximum atomic E-state index is 11.7. The fourth-order valence-corrected chi connectivity index (χ4v) is 2.56. The third-order valence-corrected chi connectivity index (χ3v) is 3.63. The van der Waals surface area contributed by atoms with Gasteiger partial charge in [0.25, 0.3) is 0 Å². The molecule has 1 saturated carbocycles. The largest absolute Gasteiger partial charge is 0.393 e. The third kappa shape index (κ3) is 2.95. The molecule has 2 fully saturated rings. The number of nitrogens with one attached hydrogen (secondary N) is 1. The zero-order valence-electron chi connectivity index (χ0n) is 9.65. The molecule has 2 aliphatic rings. The van der Waals surface area contributed by atoms with Crippen LogP contribution in [0.2, 0.25) is 0 Å². The highest BCUT2D eigenvalue weighted by Crippen LogP contribution is 2.23. The van der Waals surface area contributed by atoms with E-state index >= 15 is 0 Å². The molecule has 16 heavy (non-hydrogen) atoms. The lowest BCUT2D eigenvalue weighted by Gasteiger charge is -2.27. The summed E-state index contributed by atoms with van der Waals surface area (Å²) in [7, 11) is 0. The van der Waals surface area contributed by atoms with Gasteiger partial charge in [0, 0.05) is 19.1 Å². The molecular weight excluding hydrogens is 206 g/mol. The summed E-state index contributed by atoms with van der Waals surface area (Å²) >= 11 is 0. The highest BCUT2D eigenvalue weighted by Gasteiger charge is 2.26. The second-order valence-corrected chi connectivity index (χ2v) is 4.86. The molecule has 92 valence electrons. The van der Waals surface area contributed by atoms with E-state index in [1.165, 1.54) is 0 Å². The molecule has 0 spiro atoms. The number of carbonyl (C=O) groups is 1. The van der Waals surface area contributed by atoms with Crippen molar-refractivity contribution in [3.63, 3.8) is 0 Å². The number of hydrogen-bond donors (Lipinski definition) is 2. The molecule has 3 atom stereocenters. The quantitative estimate of drug-likeness (QED) is 0.751. The Balaban J connectivity index is 1.71. The number of ether oxygens (including phenoxy) is 1. The minimum atomic E-state index is -0.249. The van der Waals surface area contributed by atoms with Gasteiger partial charge in [-0.15, -0.1) is 0 Å². The Labute approximate surface area is 96.4 Å². The Morgan fingerprint density at radius 2 is 2.06 bits per heavy atom. The van der Waals surface area contributed by atoms with Crippen LogP contribution in [0.25, 0.3) is 0 Å². The first-order valence-corrected chi connectivity index (χ1v) is 6.35. The van der Waals surface area contributed by atoms with Gasteiger partial charge in [-0.3, -0.25) is 4.79 Å². The summed E-state index contributed by atoms with van der Waals surface area (Å²) in [5, 5.41) is 12.7. The second kappa shape index (κ2) is 5.64. The van der Waals surface area contributed by atoms with E-state index in [2.05, 4.69) is 5.32 Å². The molecule has 0 aromatic carbocycles. The van der Waals surface area contributed by atoms with Gasteiger partial charge in [0.15, 0.2) is 0 Å². The Morgan fingerprint density at radius 1 is 1.25 bits per heavy atom. The lowest BCUT2D eigenvalue weighted by molar-refractivity contribution is -0.130. The predicted octanol–water partition coefficient (Wildman–Crippen LogP) is 0.833. The molecule has 1 saturated heterocycles. The molecular formula is C12H21NO3. The van der Waals surface area contributed by atoms with Crippen LogP contribution in [0.5, 0.6) is 0 Å². The summed E-state index contributed by atoms with van der Waals surface area (Å²) in [6, 6.07) is 0. The smallest absolute Gasteiger partial charge is 0.249 e. The fraction of sp³-hybridized carbons (Fsp3) is 0.917. The molecule has 1 amide bonds. The summed E-state index contributed by atoms with van der Waals surface area (Å²) in [6.45, 7) is 1.30. The van der Waals surface area contributed by atoms with Gasteiger partial charge in [-0.2, -0.15) is 0 Å². The summed E-state index contributed by atoms with van der Waals surface area (Å²) in [6.07, 6.45) is 5.49. The van der Waals surface area contributed by atoms with Crippen LogP contribution < -0.4 is 5.32 Å². The normalized spacial score (nSPS) is 34.9. The van der Waals surface area contributed by atoms with Crippen molar-refractivity contribution in [2.24, 2.45) is 5.92 Å². The van der Waals surface area contributed by atoms with Gasteiger partial charge in [-0.25, -0.2) is 0 Å². The number of amides is 1. The topological polar surface area (TPSA) is 58.6 Å². The molecule has 1 aliphatic heterocycles. The average Bonchev–Trinajstić information content (AvgIpc) is 2.81. The third-order valence-electron chi connectivity index (χ3n) is 3.63. The van der Waals surface area contributed by atoms with E-state index in [4.69, 9.17) is 4.74 Å². The second-order valence-electron chi connectivity index (χ2n) is 4.86. The zero-order chi connectivity index (χ0) is 11.4. The maximum absolute atomic E-state index is 11.7. The molecule has 2 rings (SSSR count). The van der Waals surface area contributed by atoms with Gasteiger partial charge in [-0.1, -0.05) is 12.8 Å². The highest BCUT2D eigenvalue weighted by atomic mass is 16.5. The Kier molecular flexibility index (Phi) is 4.18. The summed E-state index contributed by atoms with van der Waals surface area (Å²) in [4.78, 5) is 11.7. The Morgan fingerprint density at radius 3 is 2.75 bits per heavy atom. The molecule has 4 nitrogen and oxygen atoms in total. The Hall–Kier alpha value is -0.610. The predicted molar refractivity (Wildman–Crippen MR) is 59.9 cm³/mol. The standard InChI is InChI=1S/C12H21NO3/c14-10-5-2-1-4-9(10)8-13-12(15)11-6-3-7-16-11/h9-11,14H,1-8H2,(H,13,15)/t9?,10?,11-/m1/s1. The van der Waals surface area contributed by atoms with E-state index < -0.39 is 0 Å². The van der Waals surface area contributed by atoms with Crippen molar-refractivity contribution in [2.45, 2.75) is 50.7 Å². The minimum absolute atomic E-state index is 0.00438. The van der Waals surface area contributed by atoms with E-state index in [-0.39, 0.29) is 24.0 Å². The van der Waals surface area contributed by atoms with Crippen molar-refractivity contribution in [3.8, 4) is 0 Å². The minimum Gasteiger partial charge on any atom is -0.393 e. The summed E-state index contributed by atoms with van der Waals surface area (Å²) in [5.74, 6) is 0.231. The van der Waals surface area contributed by atoms with Gasteiger partial charge in [0.1, 0.15) is 6.10 Å². The zero-order valence-corrected chi connectivity index (χ0v) is 9.65. The van der Waals surface area contributed by atoms with Gasteiger partial charge >= 0.3 is 0 Å². The molecule has 0 aromatic rings. The molecule has 0 aromatic heterocycles. The first-order chi connectivity index (χ1) is 7.77. The molecule has 0 radical (unpaired) electrons. The van der Waals surface area contributed by atoms with Crippen LogP contribution in [0.3, 0.4) is 0 Å². The molecule has 1 aliphatic carbocycles. The first kappa shape index (κ1) is 11.9. The lowest BCUT2D eigenvalue weighted by Crippen LogP contribution is -2.40. The van der Waals surface area contributed by atoms with Crippen LogP contribution in [0.4, 0.5) is 0 Å². The molecule has 2 unspecified atom stereocenters. The number of aliphatic hydroxyl groups excluding tert-OH is 1. The van der Waals surface area contributed by atoms with Gasteiger partial charge in [-0.05, 0) is 25.7 Å². The van der Waals surface area contributed by atoms with Crippen LogP contribution in [-0.2, 0) is 9.53 Å². The SMILES string of the molecule is O=C(NCC1CCCCC1O)[C@H]1CCCO1. The average molecular weight is 227 g/mol. The van der Waals surface area contributed by atoms with E-state index in [1.54, 1.807) is 0 Å². The van der Waals surface area contributed by atoms with E-state index in [9.17, 15) is 9.90 Å². The van der Waals surface area contributed by atoms with E-state index in [0.29, 0.717) is 13.2 Å². The van der Waals surface area contributed by atoms with Crippen LogP contribution in [0.1, 0.15) is 38.5 Å². The summed E-state index contributed by atoms with van der Waals surface area (Å²) in [5.41, 5.74) is 0. The van der Waals surface area contributed by atoms with E-state index in [0.717, 1.165) is 38.5 Å².